The topological polar surface area (TPSA) is 44.8 Å². The minimum absolute atomic E-state index is 0.0201. The van der Waals surface area contributed by atoms with E-state index in [4.69, 9.17) is 14.2 Å². The van der Waals surface area contributed by atoms with Gasteiger partial charge in [0.05, 0.1) is 0 Å². The van der Waals surface area contributed by atoms with Crippen LogP contribution >= 0.6 is 0 Å². The molecule has 0 radical (unpaired) electrons. The number of carbonyl (C=O) groups is 1. The second kappa shape index (κ2) is 10.4. The van der Waals surface area contributed by atoms with Crippen molar-refractivity contribution in [3.8, 4) is 5.75 Å². The molecule has 0 aliphatic heterocycles. The van der Waals surface area contributed by atoms with Crippen molar-refractivity contribution in [3.63, 3.8) is 0 Å². The summed E-state index contributed by atoms with van der Waals surface area (Å²) in [6.45, 7) is 6.04. The molecule has 0 N–H and O–H groups in total. The van der Waals surface area contributed by atoms with Gasteiger partial charge in [-0.3, -0.25) is 0 Å². The van der Waals surface area contributed by atoms with Gasteiger partial charge in [-0.2, -0.15) is 0 Å². The Morgan fingerprint density at radius 1 is 1.04 bits per heavy atom. The molecule has 3 atom stereocenters. The van der Waals surface area contributed by atoms with Gasteiger partial charge >= 0.3 is 162 Å². The molecule has 0 amide bonds. The van der Waals surface area contributed by atoms with Crippen molar-refractivity contribution in [2.45, 2.75) is 37.8 Å². The Morgan fingerprint density at radius 2 is 1.69 bits per heavy atom. The number of methoxy groups -OCH3 is 1. The quantitative estimate of drug-likeness (QED) is 0.459. The number of ether oxygens (including phenoxy) is 3. The summed E-state index contributed by atoms with van der Waals surface area (Å²) in [5, 5.41) is 0. The molecule has 2 unspecified atom stereocenters. The number of carbonyl (C=O) groups excluding carboxylic acids is 1. The zero-order chi connectivity index (χ0) is 18.9. The Labute approximate surface area is 162 Å². The van der Waals surface area contributed by atoms with Gasteiger partial charge in [-0.25, -0.2) is 0 Å². The number of benzene rings is 2. The van der Waals surface area contributed by atoms with Crippen molar-refractivity contribution in [1.82, 2.24) is 0 Å². The van der Waals surface area contributed by atoms with Crippen molar-refractivity contribution in [3.05, 3.63) is 60.2 Å². The first-order valence-electron chi connectivity index (χ1n) is 8.73. The maximum absolute atomic E-state index is 11.9. The predicted molar refractivity (Wildman–Crippen MR) is 104 cm³/mol. The number of hydrogen-bond donors (Lipinski definition) is 0. The molecule has 2 aromatic rings. The third-order valence-electron chi connectivity index (χ3n) is 3.89. The van der Waals surface area contributed by atoms with Gasteiger partial charge in [0.25, 0.3) is 0 Å². The Morgan fingerprint density at radius 3 is 2.35 bits per heavy atom. The van der Waals surface area contributed by atoms with Crippen LogP contribution in [-0.2, 0) is 14.3 Å². The zero-order valence-electron chi connectivity index (χ0n) is 15.7. The standard InChI is InChI=1S/C21H26O4Se/c1-5-24-21(22)15(2)25-18-13-9-10-14-19(18)26-16(3)20(23-4)17-11-7-6-8-12-17/h6-16,20H,5H2,1-4H3/t15-,16?,20?/m1/s1. The predicted octanol–water partition coefficient (Wildman–Crippen LogP) is 3.54. The number of para-hydroxylation sites is 1. The first-order valence-corrected chi connectivity index (χ1v) is 10.6. The normalized spacial score (nSPS) is 14.3. The molecule has 0 spiro atoms. The third kappa shape index (κ3) is 5.60. The molecule has 0 fully saturated rings. The second-order valence-electron chi connectivity index (χ2n) is 5.85. The molecule has 0 bridgehead atoms. The summed E-state index contributed by atoms with van der Waals surface area (Å²) in [6, 6.07) is 18.1. The van der Waals surface area contributed by atoms with Crippen LogP contribution in [0.15, 0.2) is 54.6 Å². The van der Waals surface area contributed by atoms with Crippen molar-refractivity contribution >= 4 is 25.4 Å². The summed E-state index contributed by atoms with van der Waals surface area (Å²) in [4.78, 5) is 12.2. The number of rotatable bonds is 9. The second-order valence-corrected chi connectivity index (χ2v) is 8.83. The maximum atomic E-state index is 11.9. The fourth-order valence-electron chi connectivity index (χ4n) is 2.65. The Balaban J connectivity index is 2.12. The Hall–Kier alpha value is -1.81. The third-order valence-corrected chi connectivity index (χ3v) is 6.43. The summed E-state index contributed by atoms with van der Waals surface area (Å²) in [5.41, 5.74) is 1.17. The molecule has 2 aromatic carbocycles. The van der Waals surface area contributed by atoms with E-state index in [1.807, 2.05) is 36.4 Å². The first kappa shape index (κ1) is 20.5. The van der Waals surface area contributed by atoms with E-state index in [-0.39, 0.29) is 27.0 Å². The molecule has 5 heteroatoms. The van der Waals surface area contributed by atoms with Crippen LogP contribution in [0.4, 0.5) is 0 Å². The molecule has 0 aliphatic carbocycles. The summed E-state index contributed by atoms with van der Waals surface area (Å²) < 4.78 is 17.8. The van der Waals surface area contributed by atoms with Crippen LogP contribution in [0.25, 0.3) is 0 Å². The Bertz CT molecular complexity index is 689. The van der Waals surface area contributed by atoms with Gasteiger partial charge < -0.3 is 0 Å². The Kier molecular flexibility index (Phi) is 8.17. The fraction of sp³-hybridized carbons (Fsp3) is 0.381. The van der Waals surface area contributed by atoms with Crippen molar-refractivity contribution in [1.29, 1.82) is 0 Å². The van der Waals surface area contributed by atoms with Gasteiger partial charge in [0.1, 0.15) is 0 Å². The molecule has 26 heavy (non-hydrogen) atoms. The SMILES string of the molecule is CCOC(=O)[C@@H](C)Oc1ccccc1[Se]C(C)C(OC)c1ccccc1. The van der Waals surface area contributed by atoms with Crippen molar-refractivity contribution in [2.75, 3.05) is 13.7 Å². The molecule has 140 valence electrons. The van der Waals surface area contributed by atoms with E-state index in [0.717, 1.165) is 10.2 Å². The number of esters is 1. The van der Waals surface area contributed by atoms with Crippen LogP contribution < -0.4 is 9.20 Å². The van der Waals surface area contributed by atoms with Crippen LogP contribution in [0.2, 0.25) is 4.82 Å². The molecule has 2 rings (SSSR count). The summed E-state index contributed by atoms with van der Waals surface area (Å²) in [7, 11) is 1.75. The van der Waals surface area contributed by atoms with E-state index in [2.05, 4.69) is 25.1 Å². The van der Waals surface area contributed by atoms with Crippen LogP contribution in [-0.4, -0.2) is 40.7 Å². The average Bonchev–Trinajstić information content (AvgIpc) is 2.65. The minimum atomic E-state index is -0.630. The van der Waals surface area contributed by atoms with E-state index < -0.39 is 6.10 Å². The molecule has 0 saturated carbocycles. The van der Waals surface area contributed by atoms with E-state index >= 15 is 0 Å². The van der Waals surface area contributed by atoms with E-state index in [0.29, 0.717) is 11.4 Å². The number of hydrogen-bond acceptors (Lipinski definition) is 4. The van der Waals surface area contributed by atoms with Gasteiger partial charge in [0.2, 0.25) is 0 Å². The first-order chi connectivity index (χ1) is 12.6. The molecular weight excluding hydrogens is 395 g/mol. The summed E-state index contributed by atoms with van der Waals surface area (Å²) in [6.07, 6.45) is -0.610. The molecular formula is C21H26O4Se. The van der Waals surface area contributed by atoms with E-state index in [1.54, 1.807) is 21.0 Å². The van der Waals surface area contributed by atoms with Crippen LogP contribution in [0.3, 0.4) is 0 Å². The molecule has 0 aliphatic rings. The van der Waals surface area contributed by atoms with Gasteiger partial charge in [-0.15, -0.1) is 0 Å². The molecule has 0 saturated heterocycles. The van der Waals surface area contributed by atoms with Crippen molar-refractivity contribution in [2.24, 2.45) is 0 Å². The monoisotopic (exact) mass is 422 g/mol. The average molecular weight is 421 g/mol. The molecule has 0 aromatic heterocycles. The molecule has 0 heterocycles. The van der Waals surface area contributed by atoms with Gasteiger partial charge in [-0.05, 0) is 0 Å². The van der Waals surface area contributed by atoms with Crippen LogP contribution in [0.1, 0.15) is 32.4 Å². The van der Waals surface area contributed by atoms with E-state index in [9.17, 15) is 4.79 Å². The summed E-state index contributed by atoms with van der Waals surface area (Å²) >= 11 is 0.113. The summed E-state index contributed by atoms with van der Waals surface area (Å²) in [5.74, 6) is 0.393. The van der Waals surface area contributed by atoms with Gasteiger partial charge in [0.15, 0.2) is 0 Å². The fourth-order valence-corrected chi connectivity index (χ4v) is 5.13. The van der Waals surface area contributed by atoms with Crippen LogP contribution in [0.5, 0.6) is 5.75 Å². The van der Waals surface area contributed by atoms with E-state index in [1.165, 1.54) is 5.56 Å². The molecule has 4 nitrogen and oxygen atoms in total. The van der Waals surface area contributed by atoms with Gasteiger partial charge in [-0.1, -0.05) is 0 Å². The van der Waals surface area contributed by atoms with Crippen LogP contribution in [0, 0.1) is 0 Å². The van der Waals surface area contributed by atoms with Crippen molar-refractivity contribution < 1.29 is 19.0 Å². The van der Waals surface area contributed by atoms with Gasteiger partial charge in [0, 0.05) is 0 Å². The zero-order valence-corrected chi connectivity index (χ0v) is 17.4.